The Morgan fingerprint density at radius 1 is 1.33 bits per heavy atom. The van der Waals surface area contributed by atoms with E-state index in [9.17, 15) is 0 Å². The predicted molar refractivity (Wildman–Crippen MR) is 77.6 cm³/mol. The van der Waals surface area contributed by atoms with Gasteiger partial charge < -0.3 is 15.8 Å². The van der Waals surface area contributed by atoms with Crippen molar-refractivity contribution in [3.63, 3.8) is 0 Å². The number of nitrogens with two attached hydrogens (primary N) is 1. The van der Waals surface area contributed by atoms with Gasteiger partial charge in [-0.05, 0) is 34.1 Å². The van der Waals surface area contributed by atoms with Crippen molar-refractivity contribution in [2.45, 2.75) is 0 Å². The molecule has 0 saturated carbocycles. The lowest BCUT2D eigenvalue weighted by Crippen LogP contribution is -2.01. The third kappa shape index (κ3) is 2.68. The number of ether oxygens (including phenoxy) is 1. The molecule has 0 aliphatic carbocycles. The second-order valence-electron chi connectivity index (χ2n) is 3.52. The Morgan fingerprint density at radius 3 is 2.83 bits per heavy atom. The summed E-state index contributed by atoms with van der Waals surface area (Å²) in [6.07, 6.45) is 0. The van der Waals surface area contributed by atoms with Crippen LogP contribution in [0.1, 0.15) is 0 Å². The molecule has 18 heavy (non-hydrogen) atoms. The summed E-state index contributed by atoms with van der Waals surface area (Å²) in [5.41, 5.74) is 7.17. The molecule has 4 nitrogen and oxygen atoms in total. The molecular formula is C12H11BrClN3O. The van der Waals surface area contributed by atoms with Gasteiger partial charge in [0.2, 0.25) is 5.88 Å². The van der Waals surface area contributed by atoms with Crippen molar-refractivity contribution in [1.29, 1.82) is 0 Å². The average Bonchev–Trinajstić information content (AvgIpc) is 2.37. The zero-order valence-corrected chi connectivity index (χ0v) is 11.9. The maximum atomic E-state index is 6.02. The predicted octanol–water partition coefficient (Wildman–Crippen LogP) is 3.83. The number of halogens is 2. The quantitative estimate of drug-likeness (QED) is 0.899. The van der Waals surface area contributed by atoms with E-state index in [1.54, 1.807) is 25.3 Å². The van der Waals surface area contributed by atoms with Gasteiger partial charge in [0.1, 0.15) is 0 Å². The second kappa shape index (κ2) is 5.46. The SMILES string of the molecule is COc1ccc(N)c(Nc2cccc(Cl)c2Br)n1. The van der Waals surface area contributed by atoms with Gasteiger partial charge in [-0.15, -0.1) is 0 Å². The highest BCUT2D eigenvalue weighted by Gasteiger charge is 2.08. The first-order valence-corrected chi connectivity index (χ1v) is 6.30. The minimum Gasteiger partial charge on any atom is -0.481 e. The van der Waals surface area contributed by atoms with Gasteiger partial charge in [-0.25, -0.2) is 0 Å². The molecule has 3 N–H and O–H groups in total. The summed E-state index contributed by atoms with van der Waals surface area (Å²) >= 11 is 9.42. The molecule has 6 heteroatoms. The fourth-order valence-corrected chi connectivity index (χ4v) is 1.93. The monoisotopic (exact) mass is 327 g/mol. The van der Waals surface area contributed by atoms with Crippen molar-refractivity contribution in [3.05, 3.63) is 39.8 Å². The number of aromatic nitrogens is 1. The van der Waals surface area contributed by atoms with Crippen LogP contribution < -0.4 is 15.8 Å². The van der Waals surface area contributed by atoms with Crippen LogP contribution in [0, 0.1) is 0 Å². The van der Waals surface area contributed by atoms with Crippen molar-refractivity contribution < 1.29 is 4.74 Å². The van der Waals surface area contributed by atoms with Crippen LogP contribution in [-0.2, 0) is 0 Å². The topological polar surface area (TPSA) is 60.2 Å². The molecule has 0 amide bonds. The summed E-state index contributed by atoms with van der Waals surface area (Å²) in [5.74, 6) is 1.02. The van der Waals surface area contributed by atoms with Crippen LogP contribution in [0.3, 0.4) is 0 Å². The first kappa shape index (κ1) is 13.0. The molecule has 1 aromatic heterocycles. The summed E-state index contributed by atoms with van der Waals surface area (Å²) in [4.78, 5) is 4.23. The number of pyridine rings is 1. The summed E-state index contributed by atoms with van der Waals surface area (Å²) in [6.45, 7) is 0. The number of nitrogen functional groups attached to an aromatic ring is 1. The molecule has 2 aromatic rings. The van der Waals surface area contributed by atoms with Gasteiger partial charge in [0.25, 0.3) is 0 Å². The van der Waals surface area contributed by atoms with Crippen LogP contribution in [0.2, 0.25) is 5.02 Å². The van der Waals surface area contributed by atoms with E-state index >= 15 is 0 Å². The third-order valence-corrected chi connectivity index (χ3v) is 3.71. The maximum absolute atomic E-state index is 6.02. The van der Waals surface area contributed by atoms with E-state index in [1.165, 1.54) is 0 Å². The highest BCUT2D eigenvalue weighted by atomic mass is 79.9. The molecular weight excluding hydrogens is 318 g/mol. The highest BCUT2D eigenvalue weighted by molar-refractivity contribution is 9.10. The second-order valence-corrected chi connectivity index (χ2v) is 4.72. The van der Waals surface area contributed by atoms with Crippen molar-refractivity contribution in [2.75, 3.05) is 18.2 Å². The lowest BCUT2D eigenvalue weighted by molar-refractivity contribution is 0.398. The molecule has 0 saturated heterocycles. The lowest BCUT2D eigenvalue weighted by atomic mass is 10.3. The van der Waals surface area contributed by atoms with Crippen LogP contribution in [-0.4, -0.2) is 12.1 Å². The summed E-state index contributed by atoms with van der Waals surface area (Å²) in [5, 5.41) is 3.72. The van der Waals surface area contributed by atoms with Gasteiger partial charge in [-0.1, -0.05) is 17.7 Å². The Labute approximate surface area is 118 Å². The summed E-state index contributed by atoms with van der Waals surface area (Å²) in [6, 6.07) is 8.93. The Kier molecular flexibility index (Phi) is 3.93. The zero-order chi connectivity index (χ0) is 13.1. The molecule has 0 unspecified atom stereocenters. The number of hydrogen-bond donors (Lipinski definition) is 2. The largest absolute Gasteiger partial charge is 0.481 e. The fourth-order valence-electron chi connectivity index (χ4n) is 1.39. The Hall–Kier alpha value is -1.46. The zero-order valence-electron chi connectivity index (χ0n) is 9.58. The van der Waals surface area contributed by atoms with Crippen LogP contribution in [0.25, 0.3) is 0 Å². The Morgan fingerprint density at radius 2 is 2.11 bits per heavy atom. The Balaban J connectivity index is 2.36. The number of benzene rings is 1. The molecule has 0 fully saturated rings. The molecule has 1 aromatic carbocycles. The van der Waals surface area contributed by atoms with Crippen molar-refractivity contribution in [1.82, 2.24) is 4.98 Å². The number of nitrogens with zero attached hydrogens (tertiary/aromatic N) is 1. The van der Waals surface area contributed by atoms with E-state index in [4.69, 9.17) is 22.1 Å². The first-order valence-electron chi connectivity index (χ1n) is 5.13. The van der Waals surface area contributed by atoms with Crippen LogP contribution >= 0.6 is 27.5 Å². The normalized spacial score (nSPS) is 10.2. The maximum Gasteiger partial charge on any atom is 0.215 e. The molecule has 0 radical (unpaired) electrons. The summed E-state index contributed by atoms with van der Waals surface area (Å²) in [7, 11) is 1.55. The molecule has 94 valence electrons. The fraction of sp³-hybridized carbons (Fsp3) is 0.0833. The standard InChI is InChI=1S/C12H11BrClN3O/c1-18-10-6-5-8(15)12(17-10)16-9-4-2-3-7(14)11(9)13/h2-6H,15H2,1H3,(H,16,17). The number of anilines is 3. The number of nitrogens with one attached hydrogen (secondary N) is 1. The number of methoxy groups -OCH3 is 1. The van der Waals surface area contributed by atoms with Gasteiger partial charge in [0.05, 0.1) is 28.0 Å². The van der Waals surface area contributed by atoms with E-state index < -0.39 is 0 Å². The van der Waals surface area contributed by atoms with E-state index in [2.05, 4.69) is 26.2 Å². The minimum atomic E-state index is 0.491. The van der Waals surface area contributed by atoms with E-state index in [0.29, 0.717) is 22.4 Å². The summed E-state index contributed by atoms with van der Waals surface area (Å²) < 4.78 is 5.82. The molecule has 0 aliphatic rings. The van der Waals surface area contributed by atoms with E-state index in [0.717, 1.165) is 10.2 Å². The third-order valence-electron chi connectivity index (χ3n) is 2.31. The molecule has 0 spiro atoms. The van der Waals surface area contributed by atoms with Gasteiger partial charge >= 0.3 is 0 Å². The minimum absolute atomic E-state index is 0.491. The van der Waals surface area contributed by atoms with Crippen LogP contribution in [0.5, 0.6) is 5.88 Å². The first-order chi connectivity index (χ1) is 8.61. The van der Waals surface area contributed by atoms with Gasteiger partial charge in [0.15, 0.2) is 5.82 Å². The van der Waals surface area contributed by atoms with Gasteiger partial charge in [-0.3, -0.25) is 0 Å². The van der Waals surface area contributed by atoms with E-state index in [-0.39, 0.29) is 0 Å². The Bertz CT molecular complexity index is 577. The molecule has 0 atom stereocenters. The smallest absolute Gasteiger partial charge is 0.215 e. The molecule has 0 bridgehead atoms. The lowest BCUT2D eigenvalue weighted by Gasteiger charge is -2.11. The van der Waals surface area contributed by atoms with Gasteiger partial charge in [-0.2, -0.15) is 4.98 Å². The highest BCUT2D eigenvalue weighted by Crippen LogP contribution is 2.33. The van der Waals surface area contributed by atoms with Crippen LogP contribution in [0.4, 0.5) is 17.2 Å². The van der Waals surface area contributed by atoms with Crippen molar-refractivity contribution in [3.8, 4) is 5.88 Å². The number of rotatable bonds is 3. The van der Waals surface area contributed by atoms with Gasteiger partial charge in [0, 0.05) is 6.07 Å². The number of hydrogen-bond acceptors (Lipinski definition) is 4. The average molecular weight is 329 g/mol. The van der Waals surface area contributed by atoms with Crippen molar-refractivity contribution >= 4 is 44.7 Å². The van der Waals surface area contributed by atoms with Crippen LogP contribution in [0.15, 0.2) is 34.8 Å². The molecule has 1 heterocycles. The molecule has 2 rings (SSSR count). The van der Waals surface area contributed by atoms with Crippen molar-refractivity contribution in [2.24, 2.45) is 0 Å². The molecule has 0 aliphatic heterocycles. The van der Waals surface area contributed by atoms with E-state index in [1.807, 2.05) is 12.1 Å².